The van der Waals surface area contributed by atoms with E-state index in [0.29, 0.717) is 5.92 Å². The van der Waals surface area contributed by atoms with E-state index < -0.39 is 0 Å². The van der Waals surface area contributed by atoms with Crippen LogP contribution in [0.4, 0.5) is 0 Å². The van der Waals surface area contributed by atoms with Crippen LogP contribution in [0, 0.1) is 11.3 Å². The van der Waals surface area contributed by atoms with Crippen molar-refractivity contribution < 1.29 is 0 Å². The van der Waals surface area contributed by atoms with Crippen LogP contribution in [0.5, 0.6) is 0 Å². The SMILES string of the molecule is CC1C=CC=C(C=N)C=C1.CNC. The predicted molar refractivity (Wildman–Crippen MR) is 59.3 cm³/mol. The minimum absolute atomic E-state index is 0.494. The van der Waals surface area contributed by atoms with Crippen molar-refractivity contribution in [3.8, 4) is 0 Å². The largest absolute Gasteiger partial charge is 0.323 e. The minimum atomic E-state index is 0.494. The van der Waals surface area contributed by atoms with E-state index in [-0.39, 0.29) is 0 Å². The highest BCUT2D eigenvalue weighted by Crippen LogP contribution is 2.07. The normalized spacial score (nSPS) is 19.6. The molecule has 1 aliphatic carbocycles. The molecule has 0 fully saturated rings. The highest BCUT2D eigenvalue weighted by molar-refractivity contribution is 5.80. The summed E-state index contributed by atoms with van der Waals surface area (Å²) in [6.45, 7) is 2.12. The number of allylic oxidation sites excluding steroid dienone is 6. The molecule has 2 nitrogen and oxygen atoms in total. The van der Waals surface area contributed by atoms with Crippen molar-refractivity contribution in [3.05, 3.63) is 36.0 Å². The number of rotatable bonds is 1. The van der Waals surface area contributed by atoms with E-state index in [1.165, 1.54) is 6.21 Å². The molecule has 0 radical (unpaired) electrons. The van der Waals surface area contributed by atoms with Crippen LogP contribution < -0.4 is 5.32 Å². The summed E-state index contributed by atoms with van der Waals surface area (Å²) in [7, 11) is 3.75. The van der Waals surface area contributed by atoms with Crippen LogP contribution in [0.3, 0.4) is 0 Å². The molecule has 0 amide bonds. The first kappa shape index (κ1) is 11.8. The summed E-state index contributed by atoms with van der Waals surface area (Å²) in [5.41, 5.74) is 0.959. The van der Waals surface area contributed by atoms with Crippen molar-refractivity contribution in [3.63, 3.8) is 0 Å². The number of hydrogen-bond acceptors (Lipinski definition) is 2. The van der Waals surface area contributed by atoms with Crippen molar-refractivity contribution in [2.24, 2.45) is 5.92 Å². The van der Waals surface area contributed by atoms with Gasteiger partial charge in [-0.25, -0.2) is 0 Å². The van der Waals surface area contributed by atoms with Gasteiger partial charge in [-0.2, -0.15) is 0 Å². The molecule has 1 aliphatic rings. The Bertz CT molecular complexity index is 224. The van der Waals surface area contributed by atoms with Crippen molar-refractivity contribution >= 4 is 6.21 Å². The molecule has 0 heterocycles. The van der Waals surface area contributed by atoms with Gasteiger partial charge in [-0.05, 0) is 25.6 Å². The van der Waals surface area contributed by atoms with Gasteiger partial charge < -0.3 is 10.7 Å². The van der Waals surface area contributed by atoms with E-state index in [9.17, 15) is 0 Å². The van der Waals surface area contributed by atoms with Crippen molar-refractivity contribution in [2.45, 2.75) is 6.92 Å². The Morgan fingerprint density at radius 2 is 2.00 bits per heavy atom. The number of hydrogen-bond donors (Lipinski definition) is 2. The van der Waals surface area contributed by atoms with Gasteiger partial charge in [-0.15, -0.1) is 0 Å². The molecule has 1 unspecified atom stereocenters. The van der Waals surface area contributed by atoms with Gasteiger partial charge in [0.15, 0.2) is 0 Å². The molecular weight excluding hydrogens is 160 g/mol. The molecule has 2 heteroatoms. The van der Waals surface area contributed by atoms with Crippen LogP contribution >= 0.6 is 0 Å². The fourth-order valence-corrected chi connectivity index (χ4v) is 0.821. The third kappa shape index (κ3) is 6.05. The molecule has 13 heavy (non-hydrogen) atoms. The molecule has 2 N–H and O–H groups in total. The Kier molecular flexibility index (Phi) is 6.83. The molecule has 0 aromatic heterocycles. The highest BCUT2D eigenvalue weighted by atomic mass is 14.7. The quantitative estimate of drug-likeness (QED) is 0.593. The maximum Gasteiger partial charge on any atom is 0.0250 e. The third-order valence-electron chi connectivity index (χ3n) is 1.46. The van der Waals surface area contributed by atoms with E-state index in [1.54, 1.807) is 0 Å². The van der Waals surface area contributed by atoms with Crippen LogP contribution in [-0.4, -0.2) is 20.3 Å². The molecule has 0 spiro atoms. The van der Waals surface area contributed by atoms with E-state index in [0.717, 1.165) is 5.57 Å². The zero-order valence-corrected chi connectivity index (χ0v) is 8.54. The average Bonchev–Trinajstić information content (AvgIpc) is 2.31. The Balaban J connectivity index is 0.000000424. The second-order valence-electron chi connectivity index (χ2n) is 2.91. The fraction of sp³-hybridized carbons (Fsp3) is 0.364. The molecule has 0 aromatic rings. The molecule has 0 aromatic carbocycles. The van der Waals surface area contributed by atoms with Gasteiger partial charge in [0.1, 0.15) is 0 Å². The molecule has 72 valence electrons. The van der Waals surface area contributed by atoms with Crippen LogP contribution in [-0.2, 0) is 0 Å². The summed E-state index contributed by atoms with van der Waals surface area (Å²) in [6, 6.07) is 0. The maximum atomic E-state index is 6.98. The van der Waals surface area contributed by atoms with E-state index in [4.69, 9.17) is 5.41 Å². The van der Waals surface area contributed by atoms with Crippen LogP contribution in [0.2, 0.25) is 0 Å². The lowest BCUT2D eigenvalue weighted by Crippen LogP contribution is -1.89. The zero-order chi connectivity index (χ0) is 10.1. The first-order valence-corrected chi connectivity index (χ1v) is 4.40. The molecule has 0 saturated carbocycles. The Morgan fingerprint density at radius 1 is 1.38 bits per heavy atom. The van der Waals surface area contributed by atoms with Gasteiger partial charge in [-0.3, -0.25) is 0 Å². The van der Waals surface area contributed by atoms with Gasteiger partial charge in [-0.1, -0.05) is 37.3 Å². The first-order chi connectivity index (χ1) is 6.24. The van der Waals surface area contributed by atoms with Gasteiger partial charge in [0, 0.05) is 6.21 Å². The second-order valence-corrected chi connectivity index (χ2v) is 2.91. The van der Waals surface area contributed by atoms with Crippen molar-refractivity contribution in [1.82, 2.24) is 5.32 Å². The maximum absolute atomic E-state index is 6.98. The van der Waals surface area contributed by atoms with Gasteiger partial charge in [0.2, 0.25) is 0 Å². The average molecular weight is 178 g/mol. The zero-order valence-electron chi connectivity index (χ0n) is 8.54. The topological polar surface area (TPSA) is 35.9 Å². The van der Waals surface area contributed by atoms with Crippen molar-refractivity contribution in [2.75, 3.05) is 14.1 Å². The molecule has 0 aliphatic heterocycles. The Morgan fingerprint density at radius 3 is 2.54 bits per heavy atom. The Labute approximate surface area is 80.6 Å². The Hall–Kier alpha value is -1.15. The smallest absolute Gasteiger partial charge is 0.0250 e. The van der Waals surface area contributed by atoms with E-state index in [2.05, 4.69) is 24.4 Å². The summed E-state index contributed by atoms with van der Waals surface area (Å²) in [6.07, 6.45) is 11.4. The van der Waals surface area contributed by atoms with Gasteiger partial charge >= 0.3 is 0 Å². The number of nitrogens with one attached hydrogen (secondary N) is 2. The van der Waals surface area contributed by atoms with Crippen molar-refractivity contribution in [1.29, 1.82) is 5.41 Å². The van der Waals surface area contributed by atoms with Crippen LogP contribution in [0.25, 0.3) is 0 Å². The lowest BCUT2D eigenvalue weighted by molar-refractivity contribution is 0.942. The lowest BCUT2D eigenvalue weighted by Gasteiger charge is -1.91. The fourth-order valence-electron chi connectivity index (χ4n) is 0.821. The summed E-state index contributed by atoms with van der Waals surface area (Å²) < 4.78 is 0. The molecule has 0 saturated heterocycles. The van der Waals surface area contributed by atoms with E-state index >= 15 is 0 Å². The summed E-state index contributed by atoms with van der Waals surface area (Å²) in [5, 5.41) is 9.73. The molecule has 1 atom stereocenters. The standard InChI is InChI=1S/C9H11N.C2H7N/c1-8-3-2-4-9(7-10)6-5-8;1-3-2/h2-8,10H,1H3;3H,1-2H3. The second kappa shape index (κ2) is 7.50. The van der Waals surface area contributed by atoms with E-state index in [1.807, 2.05) is 32.3 Å². The molecule has 0 bridgehead atoms. The summed E-state index contributed by atoms with van der Waals surface area (Å²) in [5.74, 6) is 0.494. The monoisotopic (exact) mass is 178 g/mol. The van der Waals surface area contributed by atoms with Crippen LogP contribution in [0.15, 0.2) is 36.0 Å². The first-order valence-electron chi connectivity index (χ1n) is 4.40. The van der Waals surface area contributed by atoms with Gasteiger partial charge in [0.25, 0.3) is 0 Å². The third-order valence-corrected chi connectivity index (χ3v) is 1.46. The molecular formula is C11H18N2. The van der Waals surface area contributed by atoms with Crippen LogP contribution in [0.1, 0.15) is 6.92 Å². The highest BCUT2D eigenvalue weighted by Gasteiger charge is 1.92. The van der Waals surface area contributed by atoms with Gasteiger partial charge in [0.05, 0.1) is 0 Å². The summed E-state index contributed by atoms with van der Waals surface area (Å²) >= 11 is 0. The lowest BCUT2D eigenvalue weighted by atomic mass is 10.1. The molecule has 1 rings (SSSR count). The predicted octanol–water partition coefficient (Wildman–Crippen LogP) is 2.16. The summed E-state index contributed by atoms with van der Waals surface area (Å²) in [4.78, 5) is 0. The minimum Gasteiger partial charge on any atom is -0.323 e.